The summed E-state index contributed by atoms with van der Waals surface area (Å²) < 4.78 is 1.92. The Hall–Kier alpha value is -2.82. The first-order chi connectivity index (χ1) is 11.2. The van der Waals surface area contributed by atoms with E-state index in [2.05, 4.69) is 15.7 Å². The smallest absolute Gasteiger partial charge is 0.319 e. The van der Waals surface area contributed by atoms with Crippen LogP contribution in [0.3, 0.4) is 0 Å². The van der Waals surface area contributed by atoms with Gasteiger partial charge in [0, 0.05) is 29.7 Å². The van der Waals surface area contributed by atoms with Crippen LogP contribution in [0.1, 0.15) is 18.2 Å². The maximum Gasteiger partial charge on any atom is 0.319 e. The van der Waals surface area contributed by atoms with Crippen LogP contribution in [0.15, 0.2) is 48.7 Å². The second-order valence-electron chi connectivity index (χ2n) is 5.41. The van der Waals surface area contributed by atoms with Gasteiger partial charge in [-0.2, -0.15) is 5.10 Å². The molecule has 0 spiro atoms. The van der Waals surface area contributed by atoms with Crippen LogP contribution in [0.2, 0.25) is 0 Å². The lowest BCUT2D eigenvalue weighted by atomic mass is 10.1. The molecule has 5 heteroatoms. The average Bonchev–Trinajstić information content (AvgIpc) is 2.93. The molecule has 5 nitrogen and oxygen atoms in total. The Kier molecular flexibility index (Phi) is 4.28. The molecule has 0 bridgehead atoms. The van der Waals surface area contributed by atoms with Gasteiger partial charge in [-0.05, 0) is 25.3 Å². The minimum absolute atomic E-state index is 0.218. The number of amides is 2. The van der Waals surface area contributed by atoms with Gasteiger partial charge < -0.3 is 10.6 Å². The molecular weight excluding hydrogens is 288 g/mol. The normalized spacial score (nSPS) is 10.7. The Morgan fingerprint density at radius 3 is 2.74 bits per heavy atom. The molecule has 1 aromatic heterocycles. The fourth-order valence-corrected chi connectivity index (χ4v) is 2.65. The van der Waals surface area contributed by atoms with E-state index in [0.717, 1.165) is 34.3 Å². The third kappa shape index (κ3) is 3.18. The first-order valence-electron chi connectivity index (χ1n) is 7.73. The molecule has 118 valence electrons. The number of hydrogen-bond donors (Lipinski definition) is 2. The van der Waals surface area contributed by atoms with Crippen molar-refractivity contribution in [3.05, 3.63) is 59.9 Å². The summed E-state index contributed by atoms with van der Waals surface area (Å²) >= 11 is 0. The van der Waals surface area contributed by atoms with Gasteiger partial charge in [0.05, 0.1) is 11.9 Å². The Morgan fingerprint density at radius 1 is 1.17 bits per heavy atom. The number of anilines is 1. The van der Waals surface area contributed by atoms with Crippen molar-refractivity contribution in [2.45, 2.75) is 26.9 Å². The van der Waals surface area contributed by atoms with E-state index < -0.39 is 0 Å². The fraction of sp³-hybridized carbons (Fsp3) is 0.222. The Labute approximate surface area is 135 Å². The first kappa shape index (κ1) is 15.1. The van der Waals surface area contributed by atoms with E-state index in [0.29, 0.717) is 6.54 Å². The number of nitrogens with one attached hydrogen (secondary N) is 2. The Bertz CT molecular complexity index is 833. The number of fused-ring (bicyclic) bond motifs is 1. The molecule has 3 rings (SSSR count). The maximum absolute atomic E-state index is 12.2. The van der Waals surface area contributed by atoms with Gasteiger partial charge in [0.2, 0.25) is 0 Å². The molecule has 0 atom stereocenters. The van der Waals surface area contributed by atoms with Gasteiger partial charge in [-0.15, -0.1) is 0 Å². The predicted molar refractivity (Wildman–Crippen MR) is 92.4 cm³/mol. The standard InChI is InChI=1S/C18H20N4O/c1-3-22-13(2)15(12-20-22)11-19-18(23)21-17-10-6-8-14-7-4-5-9-16(14)17/h4-10,12H,3,11H2,1-2H3,(H2,19,21,23). The second-order valence-corrected chi connectivity index (χ2v) is 5.41. The number of rotatable bonds is 4. The molecule has 0 aliphatic heterocycles. The molecule has 0 unspecified atom stereocenters. The van der Waals surface area contributed by atoms with Crippen molar-refractivity contribution in [3.63, 3.8) is 0 Å². The molecule has 2 amide bonds. The molecule has 0 saturated heterocycles. The van der Waals surface area contributed by atoms with Gasteiger partial charge >= 0.3 is 6.03 Å². The fourth-order valence-electron chi connectivity index (χ4n) is 2.65. The van der Waals surface area contributed by atoms with Crippen LogP contribution in [0, 0.1) is 6.92 Å². The van der Waals surface area contributed by atoms with Crippen LogP contribution >= 0.6 is 0 Å². The summed E-state index contributed by atoms with van der Waals surface area (Å²) in [4.78, 5) is 12.2. The van der Waals surface area contributed by atoms with Gasteiger partial charge in [0.1, 0.15) is 0 Å². The highest BCUT2D eigenvalue weighted by atomic mass is 16.2. The molecule has 0 radical (unpaired) electrons. The summed E-state index contributed by atoms with van der Waals surface area (Å²) in [5.41, 5.74) is 2.92. The van der Waals surface area contributed by atoms with Crippen molar-refractivity contribution in [1.82, 2.24) is 15.1 Å². The third-order valence-corrected chi connectivity index (χ3v) is 3.98. The summed E-state index contributed by atoms with van der Waals surface area (Å²) in [7, 11) is 0. The average molecular weight is 308 g/mol. The van der Waals surface area contributed by atoms with Gasteiger partial charge in [-0.3, -0.25) is 4.68 Å². The molecule has 0 aliphatic rings. The van der Waals surface area contributed by atoms with E-state index in [9.17, 15) is 4.79 Å². The van der Waals surface area contributed by atoms with Crippen LogP contribution in [0.25, 0.3) is 10.8 Å². The third-order valence-electron chi connectivity index (χ3n) is 3.98. The molecular formula is C18H20N4O. The van der Waals surface area contributed by atoms with Crippen LogP contribution in [0.5, 0.6) is 0 Å². The zero-order valence-electron chi connectivity index (χ0n) is 13.3. The van der Waals surface area contributed by atoms with Crippen molar-refractivity contribution >= 4 is 22.5 Å². The van der Waals surface area contributed by atoms with Gasteiger partial charge in [-0.1, -0.05) is 36.4 Å². The number of aryl methyl sites for hydroxylation is 1. The highest BCUT2D eigenvalue weighted by Crippen LogP contribution is 2.22. The van der Waals surface area contributed by atoms with Crippen molar-refractivity contribution in [1.29, 1.82) is 0 Å². The van der Waals surface area contributed by atoms with Gasteiger partial charge in [0.25, 0.3) is 0 Å². The number of benzene rings is 2. The van der Waals surface area contributed by atoms with E-state index in [4.69, 9.17) is 0 Å². The summed E-state index contributed by atoms with van der Waals surface area (Å²) in [6.07, 6.45) is 1.80. The Balaban J connectivity index is 1.68. The number of carbonyl (C=O) groups excluding carboxylic acids is 1. The van der Waals surface area contributed by atoms with Crippen molar-refractivity contribution in [3.8, 4) is 0 Å². The number of carbonyl (C=O) groups is 1. The van der Waals surface area contributed by atoms with Crippen molar-refractivity contribution < 1.29 is 4.79 Å². The zero-order valence-corrected chi connectivity index (χ0v) is 13.3. The first-order valence-corrected chi connectivity index (χ1v) is 7.73. The van der Waals surface area contributed by atoms with E-state index in [-0.39, 0.29) is 6.03 Å². The van der Waals surface area contributed by atoms with Crippen molar-refractivity contribution in [2.24, 2.45) is 0 Å². The number of nitrogens with zero attached hydrogens (tertiary/aromatic N) is 2. The van der Waals surface area contributed by atoms with Gasteiger partial charge in [-0.25, -0.2) is 4.79 Å². The number of aromatic nitrogens is 2. The SMILES string of the molecule is CCn1ncc(CNC(=O)Nc2cccc3ccccc23)c1C. The summed E-state index contributed by atoms with van der Waals surface area (Å²) in [6.45, 7) is 5.34. The molecule has 0 fully saturated rings. The predicted octanol–water partition coefficient (Wildman–Crippen LogP) is 3.69. The van der Waals surface area contributed by atoms with E-state index in [1.165, 1.54) is 0 Å². The Morgan fingerprint density at radius 2 is 1.96 bits per heavy atom. The highest BCUT2D eigenvalue weighted by molar-refractivity contribution is 6.01. The molecule has 2 aromatic carbocycles. The molecule has 0 saturated carbocycles. The molecule has 3 aromatic rings. The quantitative estimate of drug-likeness (QED) is 0.772. The lowest BCUT2D eigenvalue weighted by Gasteiger charge is -2.10. The molecule has 0 aliphatic carbocycles. The van der Waals surface area contributed by atoms with Crippen LogP contribution in [-0.4, -0.2) is 15.8 Å². The van der Waals surface area contributed by atoms with Crippen molar-refractivity contribution in [2.75, 3.05) is 5.32 Å². The lowest BCUT2D eigenvalue weighted by molar-refractivity contribution is 0.252. The van der Waals surface area contributed by atoms with E-state index >= 15 is 0 Å². The highest BCUT2D eigenvalue weighted by Gasteiger charge is 2.08. The lowest BCUT2D eigenvalue weighted by Crippen LogP contribution is -2.28. The zero-order chi connectivity index (χ0) is 16.2. The minimum atomic E-state index is -0.218. The number of hydrogen-bond acceptors (Lipinski definition) is 2. The summed E-state index contributed by atoms with van der Waals surface area (Å²) in [5.74, 6) is 0. The maximum atomic E-state index is 12.2. The largest absolute Gasteiger partial charge is 0.334 e. The molecule has 23 heavy (non-hydrogen) atoms. The van der Waals surface area contributed by atoms with Crippen LogP contribution < -0.4 is 10.6 Å². The summed E-state index contributed by atoms with van der Waals surface area (Å²) in [6, 6.07) is 13.6. The van der Waals surface area contributed by atoms with Gasteiger partial charge in [0.15, 0.2) is 0 Å². The molecule has 2 N–H and O–H groups in total. The monoisotopic (exact) mass is 308 g/mol. The van der Waals surface area contributed by atoms with E-state index in [1.54, 1.807) is 6.20 Å². The second kappa shape index (κ2) is 6.52. The van der Waals surface area contributed by atoms with Crippen LogP contribution in [0.4, 0.5) is 10.5 Å². The minimum Gasteiger partial charge on any atom is -0.334 e. The van der Waals surface area contributed by atoms with E-state index in [1.807, 2.05) is 61.0 Å². The molecule has 1 heterocycles. The van der Waals surface area contributed by atoms with Crippen LogP contribution in [-0.2, 0) is 13.1 Å². The topological polar surface area (TPSA) is 59.0 Å². The number of urea groups is 1. The summed E-state index contributed by atoms with van der Waals surface area (Å²) in [5, 5.41) is 12.2.